The van der Waals surface area contributed by atoms with Crippen LogP contribution in [-0.4, -0.2) is 35.1 Å². The van der Waals surface area contributed by atoms with E-state index in [1.54, 1.807) is 18.2 Å². The molecule has 1 N–H and O–H groups in total. The quantitative estimate of drug-likeness (QED) is 0.155. The lowest BCUT2D eigenvalue weighted by Gasteiger charge is -2.59. The molecule has 0 spiro atoms. The van der Waals surface area contributed by atoms with Gasteiger partial charge in [0.15, 0.2) is 0 Å². The van der Waals surface area contributed by atoms with Crippen LogP contribution in [-0.2, 0) is 23.2 Å². The van der Waals surface area contributed by atoms with E-state index < -0.39 is 0 Å². The molecule has 2 bridgehead atoms. The van der Waals surface area contributed by atoms with Gasteiger partial charge in [0.1, 0.15) is 18.0 Å². The van der Waals surface area contributed by atoms with Gasteiger partial charge in [-0.25, -0.2) is 4.79 Å². The first-order valence-corrected chi connectivity index (χ1v) is 15.7. The molecule has 0 radical (unpaired) electrons. The van der Waals surface area contributed by atoms with Crippen LogP contribution in [0.25, 0.3) is 0 Å². The second-order valence-corrected chi connectivity index (χ2v) is 12.3. The van der Waals surface area contributed by atoms with Gasteiger partial charge in [-0.3, -0.25) is 10.1 Å². The highest BCUT2D eigenvalue weighted by atomic mass is 16.6. The topological polar surface area (TPSA) is 93.9 Å². The minimum atomic E-state index is -0.359. The summed E-state index contributed by atoms with van der Waals surface area (Å²) in [5.41, 5.74) is 5.81. The van der Waals surface area contributed by atoms with Gasteiger partial charge in [0.2, 0.25) is 0 Å². The number of carbonyl (C=O) groups is 1. The van der Waals surface area contributed by atoms with Crippen molar-refractivity contribution in [1.82, 2.24) is 4.90 Å². The third kappa shape index (κ3) is 5.43. The van der Waals surface area contributed by atoms with Gasteiger partial charge in [-0.1, -0.05) is 68.7 Å². The van der Waals surface area contributed by atoms with Crippen molar-refractivity contribution in [2.45, 2.75) is 83.3 Å². The minimum Gasteiger partial charge on any atom is -0.491 e. The summed E-state index contributed by atoms with van der Waals surface area (Å²) in [7, 11) is 0. The number of unbranched alkanes of at least 4 members (excludes halogenated alkanes) is 1. The van der Waals surface area contributed by atoms with Crippen LogP contribution in [0.4, 0.5) is 21.9 Å². The molecule has 6 rings (SSSR count). The molecule has 226 valence electrons. The van der Waals surface area contributed by atoms with Gasteiger partial charge >= 0.3 is 6.09 Å². The van der Waals surface area contributed by atoms with Crippen LogP contribution in [0.2, 0.25) is 0 Å². The molecule has 3 atom stereocenters. The highest BCUT2D eigenvalue weighted by molar-refractivity contribution is 5.78. The van der Waals surface area contributed by atoms with Crippen molar-refractivity contribution in [1.29, 1.82) is 0 Å². The maximum absolute atomic E-state index is 13.6. The summed E-state index contributed by atoms with van der Waals surface area (Å²) in [4.78, 5) is 27.0. The number of benzene rings is 3. The monoisotopic (exact) mass is 583 g/mol. The predicted octanol–water partition coefficient (Wildman–Crippen LogP) is 8.22. The summed E-state index contributed by atoms with van der Waals surface area (Å²) in [5, 5.41) is 15.2. The Balaban J connectivity index is 1.39. The van der Waals surface area contributed by atoms with Crippen LogP contribution in [0.15, 0.2) is 60.7 Å². The van der Waals surface area contributed by atoms with E-state index >= 15 is 0 Å². The van der Waals surface area contributed by atoms with E-state index in [-0.39, 0.29) is 34.8 Å². The molecule has 8 heteroatoms. The van der Waals surface area contributed by atoms with Crippen molar-refractivity contribution in [2.24, 2.45) is 5.92 Å². The molecule has 8 nitrogen and oxygen atoms in total. The molecule has 1 heterocycles. The number of nitro groups is 1. The van der Waals surface area contributed by atoms with E-state index in [1.165, 1.54) is 30.0 Å². The molecule has 3 aromatic carbocycles. The number of likely N-dealkylation sites (tertiary alicyclic amines) is 1. The number of hydrogen-bond acceptors (Lipinski definition) is 6. The van der Waals surface area contributed by atoms with E-state index in [9.17, 15) is 14.9 Å². The lowest BCUT2D eigenvalue weighted by Crippen LogP contribution is -2.62. The molecule has 2 aliphatic carbocycles. The Labute approximate surface area is 253 Å². The summed E-state index contributed by atoms with van der Waals surface area (Å²) in [6.07, 6.45) is 7.85. The molecule has 0 unspecified atom stereocenters. The van der Waals surface area contributed by atoms with Crippen LogP contribution < -0.4 is 10.1 Å². The minimum absolute atomic E-state index is 0.0163. The molecule has 1 saturated heterocycles. The van der Waals surface area contributed by atoms with Gasteiger partial charge in [-0.05, 0) is 79.3 Å². The highest BCUT2D eigenvalue weighted by Gasteiger charge is 2.55. The third-order valence-corrected chi connectivity index (χ3v) is 9.94. The van der Waals surface area contributed by atoms with Crippen LogP contribution in [0.5, 0.6) is 5.75 Å². The van der Waals surface area contributed by atoms with E-state index in [4.69, 9.17) is 9.47 Å². The molecule has 0 aromatic heterocycles. The first kappa shape index (κ1) is 29.0. The molecular weight excluding hydrogens is 542 g/mol. The molecular formula is C35H41N3O5. The fraction of sp³-hybridized carbons (Fsp3) is 0.457. The zero-order valence-electron chi connectivity index (χ0n) is 25.1. The van der Waals surface area contributed by atoms with Crippen molar-refractivity contribution >= 4 is 23.2 Å². The van der Waals surface area contributed by atoms with Gasteiger partial charge in [0.25, 0.3) is 5.69 Å². The van der Waals surface area contributed by atoms with Gasteiger partial charge in [0, 0.05) is 24.1 Å². The summed E-state index contributed by atoms with van der Waals surface area (Å²) in [6, 6.07) is 18.8. The van der Waals surface area contributed by atoms with E-state index in [1.807, 2.05) is 35.2 Å². The summed E-state index contributed by atoms with van der Waals surface area (Å²) in [5.74, 6) is 1.12. The van der Waals surface area contributed by atoms with Crippen molar-refractivity contribution in [3.05, 3.63) is 93.0 Å². The first-order chi connectivity index (χ1) is 20.9. The summed E-state index contributed by atoms with van der Waals surface area (Å²) < 4.78 is 12.3. The number of anilines is 2. The van der Waals surface area contributed by atoms with E-state index in [0.717, 1.165) is 61.1 Å². The number of nitrogens with one attached hydrogen (secondary N) is 1. The SMILES string of the molecule is CCCCOc1cc2c(c(C)c1Nc1ccccc1[N+](=O)[O-])C[C@H]1[C@H]3CCCC[C@@]23CCN1C(=O)OCc1ccccc1. The van der Waals surface area contributed by atoms with Crippen LogP contribution in [0.1, 0.15) is 74.1 Å². The molecule has 3 aromatic rings. The van der Waals surface area contributed by atoms with Crippen molar-refractivity contribution in [3.63, 3.8) is 0 Å². The van der Waals surface area contributed by atoms with Gasteiger partial charge in [-0.15, -0.1) is 0 Å². The Bertz CT molecular complexity index is 1490. The first-order valence-electron chi connectivity index (χ1n) is 15.7. The number of hydrogen-bond donors (Lipinski definition) is 1. The van der Waals surface area contributed by atoms with Crippen molar-refractivity contribution in [2.75, 3.05) is 18.5 Å². The highest BCUT2D eigenvalue weighted by Crippen LogP contribution is 2.58. The van der Waals surface area contributed by atoms with E-state index in [0.29, 0.717) is 24.8 Å². The van der Waals surface area contributed by atoms with Crippen molar-refractivity contribution in [3.8, 4) is 5.75 Å². The zero-order chi connectivity index (χ0) is 30.0. The van der Waals surface area contributed by atoms with Crippen LogP contribution in [0, 0.1) is 23.0 Å². The summed E-state index contributed by atoms with van der Waals surface area (Å²) in [6.45, 7) is 5.75. The molecule has 1 aliphatic heterocycles. The van der Waals surface area contributed by atoms with Gasteiger partial charge in [0.05, 0.1) is 17.2 Å². The summed E-state index contributed by atoms with van der Waals surface area (Å²) >= 11 is 0. The number of carbonyl (C=O) groups excluding carboxylic acids is 1. The van der Waals surface area contributed by atoms with Crippen LogP contribution >= 0.6 is 0 Å². The second kappa shape index (κ2) is 12.3. The molecule has 2 fully saturated rings. The molecule has 43 heavy (non-hydrogen) atoms. The Morgan fingerprint density at radius 1 is 1.12 bits per heavy atom. The van der Waals surface area contributed by atoms with Crippen LogP contribution in [0.3, 0.4) is 0 Å². The third-order valence-electron chi connectivity index (χ3n) is 9.94. The standard InChI is InChI=1S/C35H41N3O5/c1-3-4-20-42-32-22-28-26(24(2)33(32)36-29-15-8-9-16-30(29)38(40)41)21-31-27-14-10-11-17-35(27,28)18-19-37(31)34(39)43-23-25-12-6-5-7-13-25/h5-9,12-13,15-16,22,27,31,36H,3-4,10-11,14,17-21,23H2,1-2H3/t27-,31+,35+/m1/s1. The lowest BCUT2D eigenvalue weighted by atomic mass is 9.52. The number of ether oxygens (including phenoxy) is 2. The molecule has 1 saturated carbocycles. The maximum atomic E-state index is 13.6. The number of rotatable bonds is 9. The number of piperidine rings is 1. The number of nitro benzene ring substituents is 1. The number of fused-ring (bicyclic) bond motifs is 1. The Morgan fingerprint density at radius 2 is 1.91 bits per heavy atom. The number of amides is 1. The normalized spacial score (nSPS) is 22.2. The predicted molar refractivity (Wildman–Crippen MR) is 167 cm³/mol. The van der Waals surface area contributed by atoms with E-state index in [2.05, 4.69) is 25.2 Å². The Hall–Kier alpha value is -4.07. The maximum Gasteiger partial charge on any atom is 0.410 e. The lowest BCUT2D eigenvalue weighted by molar-refractivity contribution is -0.383. The molecule has 1 amide bonds. The zero-order valence-corrected chi connectivity index (χ0v) is 25.1. The van der Waals surface area contributed by atoms with Gasteiger partial charge < -0.3 is 19.7 Å². The number of para-hydroxylation sites is 2. The fourth-order valence-electron chi connectivity index (χ4n) is 7.80. The van der Waals surface area contributed by atoms with Gasteiger partial charge in [-0.2, -0.15) is 0 Å². The largest absolute Gasteiger partial charge is 0.491 e. The fourth-order valence-corrected chi connectivity index (χ4v) is 7.80. The molecule has 3 aliphatic rings. The average molecular weight is 584 g/mol. The number of nitrogens with zero attached hydrogens (tertiary/aromatic N) is 2. The average Bonchev–Trinajstić information content (AvgIpc) is 3.02. The second-order valence-electron chi connectivity index (χ2n) is 12.3. The van der Waals surface area contributed by atoms with Crippen molar-refractivity contribution < 1.29 is 19.2 Å². The Kier molecular flexibility index (Phi) is 8.28. The Morgan fingerprint density at radius 3 is 2.70 bits per heavy atom. The smallest absolute Gasteiger partial charge is 0.410 e.